The van der Waals surface area contributed by atoms with Crippen molar-refractivity contribution in [3.8, 4) is 11.4 Å². The van der Waals surface area contributed by atoms with Gasteiger partial charge in [-0.2, -0.15) is 0 Å². The van der Waals surface area contributed by atoms with Gasteiger partial charge in [-0.1, -0.05) is 12.1 Å². The van der Waals surface area contributed by atoms with Gasteiger partial charge in [0, 0.05) is 42.4 Å². The Kier molecular flexibility index (Phi) is 4.29. The maximum absolute atomic E-state index is 10.1. The van der Waals surface area contributed by atoms with E-state index in [-0.39, 0.29) is 12.5 Å². The Morgan fingerprint density at radius 2 is 2.00 bits per heavy atom. The van der Waals surface area contributed by atoms with Crippen molar-refractivity contribution in [2.75, 3.05) is 24.6 Å². The number of hydrogen-bond donors (Lipinski definition) is 2. The lowest BCUT2D eigenvalue weighted by atomic mass is 9.95. The molecule has 25 heavy (non-hydrogen) atoms. The van der Waals surface area contributed by atoms with Crippen LogP contribution >= 0.6 is 0 Å². The molecule has 2 unspecified atom stereocenters. The van der Waals surface area contributed by atoms with E-state index in [1.54, 1.807) is 12.4 Å². The second kappa shape index (κ2) is 6.74. The minimum absolute atomic E-state index is 0.0316. The molecule has 2 aromatic heterocycles. The molecule has 0 radical (unpaired) electrons. The lowest BCUT2D eigenvalue weighted by Crippen LogP contribution is -2.45. The summed E-state index contributed by atoms with van der Waals surface area (Å²) in [4.78, 5) is 15.8. The van der Waals surface area contributed by atoms with Crippen molar-refractivity contribution in [3.05, 3.63) is 48.8 Å². The molecule has 0 aliphatic carbocycles. The van der Waals surface area contributed by atoms with E-state index in [0.29, 0.717) is 25.3 Å². The molecule has 6 nitrogen and oxygen atoms in total. The van der Waals surface area contributed by atoms with Crippen LogP contribution in [-0.2, 0) is 0 Å². The number of nitrogens with zero attached hydrogens (tertiary/aromatic N) is 4. The summed E-state index contributed by atoms with van der Waals surface area (Å²) in [6, 6.07) is 11.7. The third-order valence-electron chi connectivity index (χ3n) is 4.73. The third-order valence-corrected chi connectivity index (χ3v) is 4.73. The Balaban J connectivity index is 1.82. The number of para-hydroxylation sites is 1. The molecule has 0 saturated carbocycles. The zero-order chi connectivity index (χ0) is 17.2. The molecule has 2 N–H and O–H groups in total. The number of benzene rings is 1. The van der Waals surface area contributed by atoms with E-state index in [2.05, 4.69) is 14.9 Å². The van der Waals surface area contributed by atoms with Gasteiger partial charge in [0.1, 0.15) is 5.82 Å². The monoisotopic (exact) mass is 336 g/mol. The summed E-state index contributed by atoms with van der Waals surface area (Å²) < 4.78 is 0. The SMILES string of the molecule is OCC1CN(c2nc(-c3cccnc3)nc3ccccc23)CCC1O. The standard InChI is InChI=1S/C19H20N4O2/c24-12-14-11-23(9-7-17(14)25)19-15-5-1-2-6-16(15)21-18(22-19)13-4-3-8-20-10-13/h1-6,8,10,14,17,24-25H,7,9,11-12H2. The smallest absolute Gasteiger partial charge is 0.163 e. The zero-order valence-electron chi connectivity index (χ0n) is 13.8. The average molecular weight is 336 g/mol. The highest BCUT2D eigenvalue weighted by molar-refractivity contribution is 5.91. The molecule has 4 rings (SSSR count). The van der Waals surface area contributed by atoms with Crippen LogP contribution in [0.1, 0.15) is 6.42 Å². The number of rotatable bonds is 3. The first kappa shape index (κ1) is 15.9. The Hall–Kier alpha value is -2.57. The molecule has 1 aliphatic rings. The van der Waals surface area contributed by atoms with Crippen LogP contribution < -0.4 is 4.90 Å². The van der Waals surface area contributed by atoms with Crippen molar-refractivity contribution in [1.29, 1.82) is 0 Å². The largest absolute Gasteiger partial charge is 0.396 e. The maximum atomic E-state index is 10.1. The number of aliphatic hydroxyl groups is 2. The van der Waals surface area contributed by atoms with Crippen LogP contribution in [0.4, 0.5) is 5.82 Å². The van der Waals surface area contributed by atoms with E-state index in [0.717, 1.165) is 22.3 Å². The van der Waals surface area contributed by atoms with Gasteiger partial charge < -0.3 is 15.1 Å². The van der Waals surface area contributed by atoms with E-state index in [1.165, 1.54) is 0 Å². The molecule has 0 bridgehead atoms. The number of piperidine rings is 1. The molecule has 3 aromatic rings. The van der Waals surface area contributed by atoms with Crippen LogP contribution in [0.25, 0.3) is 22.3 Å². The molecular formula is C19H20N4O2. The second-order valence-corrected chi connectivity index (χ2v) is 6.37. The minimum Gasteiger partial charge on any atom is -0.396 e. The molecule has 128 valence electrons. The third kappa shape index (κ3) is 3.06. The number of anilines is 1. The van der Waals surface area contributed by atoms with Gasteiger partial charge in [-0.05, 0) is 30.7 Å². The van der Waals surface area contributed by atoms with Gasteiger partial charge in [-0.25, -0.2) is 9.97 Å². The van der Waals surface area contributed by atoms with Gasteiger partial charge in [0.2, 0.25) is 0 Å². The predicted molar refractivity (Wildman–Crippen MR) is 96.2 cm³/mol. The summed E-state index contributed by atoms with van der Waals surface area (Å²) in [5.74, 6) is 1.31. The molecule has 1 aromatic carbocycles. The molecule has 6 heteroatoms. The summed E-state index contributed by atoms with van der Waals surface area (Å²) >= 11 is 0. The zero-order valence-corrected chi connectivity index (χ0v) is 13.8. The van der Waals surface area contributed by atoms with Gasteiger partial charge in [-0.15, -0.1) is 0 Å². The van der Waals surface area contributed by atoms with Crippen LogP contribution in [0.5, 0.6) is 0 Å². The predicted octanol–water partition coefficient (Wildman–Crippen LogP) is 1.87. The topological polar surface area (TPSA) is 82.4 Å². The summed E-state index contributed by atoms with van der Waals surface area (Å²) in [5, 5.41) is 20.6. The van der Waals surface area contributed by atoms with Crippen LogP contribution in [0.15, 0.2) is 48.8 Å². The molecular weight excluding hydrogens is 316 g/mol. The van der Waals surface area contributed by atoms with Crippen LogP contribution in [0.2, 0.25) is 0 Å². The van der Waals surface area contributed by atoms with E-state index < -0.39 is 6.10 Å². The second-order valence-electron chi connectivity index (χ2n) is 6.37. The highest BCUT2D eigenvalue weighted by Crippen LogP contribution is 2.30. The highest BCUT2D eigenvalue weighted by atomic mass is 16.3. The number of pyridine rings is 1. The van der Waals surface area contributed by atoms with Crippen molar-refractivity contribution in [2.45, 2.75) is 12.5 Å². The van der Waals surface area contributed by atoms with Gasteiger partial charge in [0.25, 0.3) is 0 Å². The number of aliphatic hydroxyl groups excluding tert-OH is 2. The van der Waals surface area contributed by atoms with Gasteiger partial charge in [0.05, 0.1) is 18.2 Å². The Morgan fingerprint density at radius 3 is 2.80 bits per heavy atom. The number of fused-ring (bicyclic) bond motifs is 1. The fraction of sp³-hybridized carbons (Fsp3) is 0.316. The van der Waals surface area contributed by atoms with Gasteiger partial charge in [-0.3, -0.25) is 4.98 Å². The Morgan fingerprint density at radius 1 is 1.12 bits per heavy atom. The summed E-state index contributed by atoms with van der Waals surface area (Å²) in [6.07, 6.45) is 3.63. The highest BCUT2D eigenvalue weighted by Gasteiger charge is 2.29. The lowest BCUT2D eigenvalue weighted by molar-refractivity contribution is 0.0524. The molecule has 1 fully saturated rings. The fourth-order valence-corrected chi connectivity index (χ4v) is 3.32. The lowest BCUT2D eigenvalue weighted by Gasteiger charge is -2.36. The Labute approximate surface area is 145 Å². The van der Waals surface area contributed by atoms with E-state index >= 15 is 0 Å². The summed E-state index contributed by atoms with van der Waals surface area (Å²) in [7, 11) is 0. The van der Waals surface area contributed by atoms with Crippen LogP contribution in [0.3, 0.4) is 0 Å². The average Bonchev–Trinajstić information content (AvgIpc) is 2.68. The summed E-state index contributed by atoms with van der Waals surface area (Å²) in [6.45, 7) is 1.24. The minimum atomic E-state index is -0.466. The first-order valence-electron chi connectivity index (χ1n) is 8.47. The van der Waals surface area contributed by atoms with E-state index in [1.807, 2.05) is 36.4 Å². The quantitative estimate of drug-likeness (QED) is 0.760. The maximum Gasteiger partial charge on any atom is 0.163 e. The van der Waals surface area contributed by atoms with Crippen molar-refractivity contribution < 1.29 is 10.2 Å². The first-order valence-corrected chi connectivity index (χ1v) is 8.47. The summed E-state index contributed by atoms with van der Waals surface area (Å²) in [5.41, 5.74) is 1.74. The van der Waals surface area contributed by atoms with Crippen molar-refractivity contribution in [2.24, 2.45) is 5.92 Å². The normalized spacial score (nSPS) is 20.8. The van der Waals surface area contributed by atoms with Crippen LogP contribution in [0, 0.1) is 5.92 Å². The van der Waals surface area contributed by atoms with Gasteiger partial charge in [0.15, 0.2) is 5.82 Å². The number of hydrogen-bond acceptors (Lipinski definition) is 6. The van der Waals surface area contributed by atoms with Crippen molar-refractivity contribution >= 4 is 16.7 Å². The number of aromatic nitrogens is 3. The van der Waals surface area contributed by atoms with Crippen molar-refractivity contribution in [1.82, 2.24) is 15.0 Å². The molecule has 1 aliphatic heterocycles. The molecule has 1 saturated heterocycles. The van der Waals surface area contributed by atoms with E-state index in [9.17, 15) is 10.2 Å². The molecule has 2 atom stereocenters. The van der Waals surface area contributed by atoms with E-state index in [4.69, 9.17) is 4.98 Å². The first-order chi connectivity index (χ1) is 12.3. The van der Waals surface area contributed by atoms with Crippen molar-refractivity contribution in [3.63, 3.8) is 0 Å². The fourth-order valence-electron chi connectivity index (χ4n) is 3.32. The Bertz CT molecular complexity index is 872. The molecule has 0 spiro atoms. The molecule has 0 amide bonds. The molecule has 3 heterocycles. The van der Waals surface area contributed by atoms with Gasteiger partial charge >= 0.3 is 0 Å². The van der Waals surface area contributed by atoms with Crippen LogP contribution in [-0.4, -0.2) is 51.0 Å².